The molecule has 0 radical (unpaired) electrons. The van der Waals surface area contributed by atoms with Crippen LogP contribution in [0.5, 0.6) is 0 Å². The summed E-state index contributed by atoms with van der Waals surface area (Å²) in [6.07, 6.45) is 3.50. The lowest BCUT2D eigenvalue weighted by Crippen LogP contribution is -2.02. The van der Waals surface area contributed by atoms with Gasteiger partial charge < -0.3 is 5.73 Å². The van der Waals surface area contributed by atoms with Gasteiger partial charge in [-0.05, 0) is 35.1 Å². The average molecular weight is 256 g/mol. The van der Waals surface area contributed by atoms with Crippen LogP contribution in [0.2, 0.25) is 0 Å². The molecule has 1 aromatic carbocycles. The monoisotopic (exact) mass is 256 g/mol. The van der Waals surface area contributed by atoms with Gasteiger partial charge in [-0.25, -0.2) is 0 Å². The SMILES string of the molecule is CC(C)c1cccc(C(C)C)c1N.c1ccncc1. The second kappa shape index (κ2) is 7.57. The van der Waals surface area contributed by atoms with E-state index in [0.717, 1.165) is 5.69 Å². The molecule has 0 aliphatic rings. The lowest BCUT2D eigenvalue weighted by molar-refractivity contribution is 0.840. The number of aromatic nitrogens is 1. The number of rotatable bonds is 2. The van der Waals surface area contributed by atoms with Crippen LogP contribution in [0.1, 0.15) is 50.7 Å². The Balaban J connectivity index is 0.000000250. The summed E-state index contributed by atoms with van der Waals surface area (Å²) in [5, 5.41) is 0. The van der Waals surface area contributed by atoms with Crippen molar-refractivity contribution in [2.45, 2.75) is 39.5 Å². The van der Waals surface area contributed by atoms with E-state index in [0.29, 0.717) is 11.8 Å². The van der Waals surface area contributed by atoms with Crippen LogP contribution in [-0.2, 0) is 0 Å². The number of nitrogens with zero attached hydrogens (tertiary/aromatic N) is 1. The van der Waals surface area contributed by atoms with Crippen LogP contribution >= 0.6 is 0 Å². The van der Waals surface area contributed by atoms with Gasteiger partial charge in [0.15, 0.2) is 0 Å². The minimum Gasteiger partial charge on any atom is -0.398 e. The number of hydrogen-bond donors (Lipinski definition) is 1. The Bertz CT molecular complexity index is 423. The maximum Gasteiger partial charge on any atom is 0.0384 e. The molecule has 2 rings (SSSR count). The van der Waals surface area contributed by atoms with E-state index < -0.39 is 0 Å². The van der Waals surface area contributed by atoms with Crippen molar-refractivity contribution >= 4 is 5.69 Å². The highest BCUT2D eigenvalue weighted by Gasteiger charge is 2.09. The van der Waals surface area contributed by atoms with E-state index >= 15 is 0 Å². The molecule has 0 spiro atoms. The highest BCUT2D eigenvalue weighted by molar-refractivity contribution is 5.56. The number of para-hydroxylation sites is 1. The van der Waals surface area contributed by atoms with Gasteiger partial charge in [0, 0.05) is 18.1 Å². The molecule has 2 N–H and O–H groups in total. The van der Waals surface area contributed by atoms with Crippen molar-refractivity contribution in [3.8, 4) is 0 Å². The fraction of sp³-hybridized carbons (Fsp3) is 0.353. The van der Waals surface area contributed by atoms with E-state index in [9.17, 15) is 0 Å². The van der Waals surface area contributed by atoms with Crippen molar-refractivity contribution in [3.63, 3.8) is 0 Å². The standard InChI is InChI=1S/C12H19N.C5H5N/c1-8(2)10-6-5-7-11(9(3)4)12(10)13;1-2-4-6-5-3-1/h5-9H,13H2,1-4H3;1-5H. The first kappa shape index (κ1) is 15.2. The van der Waals surface area contributed by atoms with Crippen molar-refractivity contribution in [3.05, 3.63) is 59.9 Å². The summed E-state index contributed by atoms with van der Waals surface area (Å²) in [4.78, 5) is 3.78. The highest BCUT2D eigenvalue weighted by Crippen LogP contribution is 2.29. The van der Waals surface area contributed by atoms with Crippen LogP contribution < -0.4 is 5.73 Å². The summed E-state index contributed by atoms with van der Waals surface area (Å²) in [5.74, 6) is 1.03. The Kier molecular flexibility index (Phi) is 6.07. The number of nitrogens with two attached hydrogens (primary N) is 1. The first-order valence-corrected chi connectivity index (χ1v) is 6.77. The zero-order valence-electron chi connectivity index (χ0n) is 12.3. The molecule has 0 aliphatic heterocycles. The Hall–Kier alpha value is -1.83. The van der Waals surface area contributed by atoms with Gasteiger partial charge in [0.05, 0.1) is 0 Å². The Morgan fingerprint density at radius 3 is 1.53 bits per heavy atom. The third kappa shape index (κ3) is 4.74. The number of nitrogen functional groups attached to an aromatic ring is 1. The number of anilines is 1. The zero-order valence-corrected chi connectivity index (χ0v) is 12.3. The maximum absolute atomic E-state index is 6.09. The average Bonchev–Trinajstić information content (AvgIpc) is 2.41. The van der Waals surface area contributed by atoms with E-state index in [2.05, 4.69) is 50.9 Å². The Labute approximate surface area is 116 Å². The molecule has 0 saturated carbocycles. The molecule has 2 nitrogen and oxygen atoms in total. The molecule has 2 aromatic rings. The number of hydrogen-bond acceptors (Lipinski definition) is 2. The van der Waals surface area contributed by atoms with Crippen molar-refractivity contribution < 1.29 is 0 Å². The molecule has 0 atom stereocenters. The van der Waals surface area contributed by atoms with E-state index in [1.54, 1.807) is 12.4 Å². The van der Waals surface area contributed by atoms with E-state index in [4.69, 9.17) is 5.73 Å². The summed E-state index contributed by atoms with van der Waals surface area (Å²) >= 11 is 0. The Morgan fingerprint density at radius 2 is 1.26 bits per heavy atom. The van der Waals surface area contributed by atoms with E-state index in [-0.39, 0.29) is 0 Å². The van der Waals surface area contributed by atoms with E-state index in [1.807, 2.05) is 18.2 Å². The summed E-state index contributed by atoms with van der Waals surface area (Å²) in [5.41, 5.74) is 9.60. The topological polar surface area (TPSA) is 38.9 Å². The van der Waals surface area contributed by atoms with Crippen LogP contribution in [0.3, 0.4) is 0 Å². The molecule has 0 saturated heterocycles. The molecular formula is C17H24N2. The zero-order chi connectivity index (χ0) is 14.3. The predicted octanol–water partition coefficient (Wildman–Crippen LogP) is 4.60. The molecule has 0 bridgehead atoms. The lowest BCUT2D eigenvalue weighted by atomic mass is 9.93. The minimum atomic E-state index is 0.513. The summed E-state index contributed by atoms with van der Waals surface area (Å²) < 4.78 is 0. The maximum atomic E-state index is 6.09. The minimum absolute atomic E-state index is 0.513. The molecular weight excluding hydrogens is 232 g/mol. The van der Waals surface area contributed by atoms with Crippen LogP contribution in [0.25, 0.3) is 0 Å². The van der Waals surface area contributed by atoms with Crippen LogP contribution in [0.15, 0.2) is 48.8 Å². The number of benzene rings is 1. The first-order chi connectivity index (χ1) is 9.04. The van der Waals surface area contributed by atoms with Crippen LogP contribution in [-0.4, -0.2) is 4.98 Å². The molecule has 1 heterocycles. The molecule has 102 valence electrons. The number of pyridine rings is 1. The molecule has 1 aromatic heterocycles. The molecule has 0 unspecified atom stereocenters. The summed E-state index contributed by atoms with van der Waals surface area (Å²) in [6.45, 7) is 8.71. The van der Waals surface area contributed by atoms with Gasteiger partial charge in [-0.3, -0.25) is 4.98 Å². The third-order valence-corrected chi connectivity index (χ3v) is 2.98. The van der Waals surface area contributed by atoms with Gasteiger partial charge in [-0.2, -0.15) is 0 Å². The summed E-state index contributed by atoms with van der Waals surface area (Å²) in [7, 11) is 0. The van der Waals surface area contributed by atoms with Gasteiger partial charge in [0.25, 0.3) is 0 Å². The van der Waals surface area contributed by atoms with Gasteiger partial charge in [-0.1, -0.05) is 52.0 Å². The van der Waals surface area contributed by atoms with Crippen molar-refractivity contribution in [1.82, 2.24) is 4.98 Å². The third-order valence-electron chi connectivity index (χ3n) is 2.98. The largest absolute Gasteiger partial charge is 0.398 e. The first-order valence-electron chi connectivity index (χ1n) is 6.77. The van der Waals surface area contributed by atoms with Gasteiger partial charge in [-0.15, -0.1) is 0 Å². The molecule has 0 aliphatic carbocycles. The second-order valence-corrected chi connectivity index (χ2v) is 5.18. The van der Waals surface area contributed by atoms with Crippen LogP contribution in [0, 0.1) is 0 Å². The fourth-order valence-corrected chi connectivity index (χ4v) is 1.92. The van der Waals surface area contributed by atoms with Gasteiger partial charge >= 0.3 is 0 Å². The van der Waals surface area contributed by atoms with Gasteiger partial charge in [0.1, 0.15) is 0 Å². The van der Waals surface area contributed by atoms with Gasteiger partial charge in [0.2, 0.25) is 0 Å². The van der Waals surface area contributed by atoms with E-state index in [1.165, 1.54) is 11.1 Å². The normalized spacial score (nSPS) is 10.2. The van der Waals surface area contributed by atoms with Crippen LogP contribution in [0.4, 0.5) is 5.69 Å². The second-order valence-electron chi connectivity index (χ2n) is 5.18. The summed E-state index contributed by atoms with van der Waals surface area (Å²) in [6, 6.07) is 12.0. The quantitative estimate of drug-likeness (QED) is 0.798. The van der Waals surface area contributed by atoms with Crippen molar-refractivity contribution in [2.75, 3.05) is 5.73 Å². The highest BCUT2D eigenvalue weighted by atomic mass is 14.6. The smallest absolute Gasteiger partial charge is 0.0384 e. The molecule has 0 amide bonds. The molecule has 19 heavy (non-hydrogen) atoms. The van der Waals surface area contributed by atoms with Crippen molar-refractivity contribution in [2.24, 2.45) is 0 Å². The lowest BCUT2D eigenvalue weighted by Gasteiger charge is -2.15. The molecule has 0 fully saturated rings. The fourth-order valence-electron chi connectivity index (χ4n) is 1.92. The Morgan fingerprint density at radius 1 is 0.789 bits per heavy atom. The predicted molar refractivity (Wildman–Crippen MR) is 83.3 cm³/mol. The molecule has 2 heteroatoms. The van der Waals surface area contributed by atoms with Crippen molar-refractivity contribution in [1.29, 1.82) is 0 Å².